The molecule has 0 saturated carbocycles. The van der Waals surface area contributed by atoms with Crippen molar-refractivity contribution in [3.63, 3.8) is 0 Å². The third kappa shape index (κ3) is 2.06. The Hall–Kier alpha value is -1.62. The van der Waals surface area contributed by atoms with Crippen molar-refractivity contribution >= 4 is 11.4 Å². The number of fused-ring (bicyclic) bond motifs is 1. The first-order valence-electron chi connectivity index (χ1n) is 6.47. The molecular weight excluding hydrogens is 230 g/mol. The molecule has 1 aromatic carbocycles. The second-order valence-electron chi connectivity index (χ2n) is 5.14. The molecule has 18 heavy (non-hydrogen) atoms. The Labute approximate surface area is 106 Å². The highest BCUT2D eigenvalue weighted by atomic mass is 16.6. The summed E-state index contributed by atoms with van der Waals surface area (Å²) in [7, 11) is 0. The molecule has 1 aromatic rings. The molecule has 0 amide bonds. The Bertz CT molecular complexity index is 432. The SMILES string of the molecule is O=[N+]([O-])c1ccc(N2C[C@@H]3CCCN[C@@H]3C2)cc1. The average Bonchev–Trinajstić information content (AvgIpc) is 2.82. The Morgan fingerprint density at radius 3 is 2.72 bits per heavy atom. The number of piperidine rings is 1. The van der Waals surface area contributed by atoms with Crippen LogP contribution in [0.25, 0.3) is 0 Å². The predicted octanol–water partition coefficient (Wildman–Crippen LogP) is 1.78. The summed E-state index contributed by atoms with van der Waals surface area (Å²) < 4.78 is 0. The minimum absolute atomic E-state index is 0.161. The predicted molar refractivity (Wildman–Crippen MR) is 69.8 cm³/mol. The van der Waals surface area contributed by atoms with Gasteiger partial charge in [-0.1, -0.05) is 0 Å². The fourth-order valence-corrected chi connectivity index (χ4v) is 3.04. The third-order valence-electron chi connectivity index (χ3n) is 4.02. The van der Waals surface area contributed by atoms with Crippen molar-refractivity contribution < 1.29 is 4.92 Å². The van der Waals surface area contributed by atoms with Crippen LogP contribution in [0.2, 0.25) is 0 Å². The zero-order valence-corrected chi connectivity index (χ0v) is 10.2. The summed E-state index contributed by atoms with van der Waals surface area (Å²) in [6.07, 6.45) is 2.55. The number of hydrogen-bond donors (Lipinski definition) is 1. The monoisotopic (exact) mass is 247 g/mol. The number of nitro benzene ring substituents is 1. The first-order valence-corrected chi connectivity index (χ1v) is 6.47. The van der Waals surface area contributed by atoms with Crippen LogP contribution in [0.5, 0.6) is 0 Å². The zero-order valence-electron chi connectivity index (χ0n) is 10.2. The van der Waals surface area contributed by atoms with Crippen LogP contribution in [0.4, 0.5) is 11.4 Å². The standard InChI is InChI=1S/C13H17N3O2/c17-16(18)12-5-3-11(4-6-12)15-8-10-2-1-7-14-13(10)9-15/h3-6,10,13-14H,1-2,7-9H2/t10-,13+/m0/s1. The lowest BCUT2D eigenvalue weighted by Crippen LogP contribution is -2.40. The Morgan fingerprint density at radius 1 is 1.28 bits per heavy atom. The lowest BCUT2D eigenvalue weighted by Gasteiger charge is -2.24. The van der Waals surface area contributed by atoms with E-state index in [2.05, 4.69) is 10.2 Å². The molecule has 0 aromatic heterocycles. The lowest BCUT2D eigenvalue weighted by atomic mass is 9.94. The largest absolute Gasteiger partial charge is 0.370 e. The highest BCUT2D eigenvalue weighted by molar-refractivity contribution is 5.52. The second-order valence-corrected chi connectivity index (χ2v) is 5.14. The second kappa shape index (κ2) is 4.57. The molecule has 0 radical (unpaired) electrons. The molecule has 2 aliphatic heterocycles. The van der Waals surface area contributed by atoms with Crippen LogP contribution in [0.1, 0.15) is 12.8 Å². The summed E-state index contributed by atoms with van der Waals surface area (Å²) in [4.78, 5) is 12.6. The van der Waals surface area contributed by atoms with Gasteiger partial charge in [-0.2, -0.15) is 0 Å². The Kier molecular flexibility index (Phi) is 2.91. The summed E-state index contributed by atoms with van der Waals surface area (Å²) >= 11 is 0. The van der Waals surface area contributed by atoms with Crippen molar-refractivity contribution in [2.45, 2.75) is 18.9 Å². The van der Waals surface area contributed by atoms with E-state index >= 15 is 0 Å². The van der Waals surface area contributed by atoms with Crippen molar-refractivity contribution in [1.29, 1.82) is 0 Å². The number of nitrogens with zero attached hydrogens (tertiary/aromatic N) is 2. The van der Waals surface area contributed by atoms with Crippen LogP contribution < -0.4 is 10.2 Å². The zero-order chi connectivity index (χ0) is 12.5. The van der Waals surface area contributed by atoms with Crippen molar-refractivity contribution in [3.8, 4) is 0 Å². The van der Waals surface area contributed by atoms with Crippen LogP contribution in [-0.4, -0.2) is 30.6 Å². The minimum Gasteiger partial charge on any atom is -0.370 e. The summed E-state index contributed by atoms with van der Waals surface area (Å²) in [5.41, 5.74) is 1.25. The number of nitrogens with one attached hydrogen (secondary N) is 1. The van der Waals surface area contributed by atoms with E-state index < -0.39 is 0 Å². The van der Waals surface area contributed by atoms with Gasteiger partial charge in [-0.3, -0.25) is 10.1 Å². The molecule has 1 N–H and O–H groups in total. The fourth-order valence-electron chi connectivity index (χ4n) is 3.04. The van der Waals surface area contributed by atoms with Crippen molar-refractivity contribution in [3.05, 3.63) is 34.4 Å². The van der Waals surface area contributed by atoms with Crippen LogP contribution >= 0.6 is 0 Å². The molecule has 0 spiro atoms. The van der Waals surface area contributed by atoms with Gasteiger partial charge in [-0.15, -0.1) is 0 Å². The molecule has 0 unspecified atom stereocenters. The highest BCUT2D eigenvalue weighted by Gasteiger charge is 2.34. The summed E-state index contributed by atoms with van der Waals surface area (Å²) in [6, 6.07) is 7.48. The van der Waals surface area contributed by atoms with Crippen LogP contribution in [0.3, 0.4) is 0 Å². The smallest absolute Gasteiger partial charge is 0.269 e. The van der Waals surface area contributed by atoms with Crippen LogP contribution in [0.15, 0.2) is 24.3 Å². The van der Waals surface area contributed by atoms with E-state index in [4.69, 9.17) is 0 Å². The molecule has 0 aliphatic carbocycles. The van der Waals surface area contributed by atoms with Crippen LogP contribution in [-0.2, 0) is 0 Å². The number of non-ortho nitro benzene ring substituents is 1. The van der Waals surface area contributed by atoms with E-state index in [1.807, 2.05) is 12.1 Å². The van der Waals surface area contributed by atoms with E-state index in [0.29, 0.717) is 6.04 Å². The molecule has 96 valence electrons. The first-order chi connectivity index (χ1) is 8.74. The van der Waals surface area contributed by atoms with E-state index in [-0.39, 0.29) is 10.6 Å². The fraction of sp³-hybridized carbons (Fsp3) is 0.538. The normalized spacial score (nSPS) is 27.0. The minimum atomic E-state index is -0.352. The van der Waals surface area contributed by atoms with Crippen molar-refractivity contribution in [2.75, 3.05) is 24.5 Å². The molecule has 2 aliphatic rings. The number of benzene rings is 1. The van der Waals surface area contributed by atoms with E-state index in [0.717, 1.165) is 31.2 Å². The average molecular weight is 247 g/mol. The van der Waals surface area contributed by atoms with Gasteiger partial charge in [0.25, 0.3) is 5.69 Å². The molecule has 2 heterocycles. The Balaban J connectivity index is 1.73. The number of anilines is 1. The van der Waals surface area contributed by atoms with E-state index in [9.17, 15) is 10.1 Å². The maximum Gasteiger partial charge on any atom is 0.269 e. The first kappa shape index (κ1) is 11.5. The molecule has 2 fully saturated rings. The topological polar surface area (TPSA) is 58.4 Å². The van der Waals surface area contributed by atoms with Gasteiger partial charge < -0.3 is 10.2 Å². The molecule has 3 rings (SSSR count). The van der Waals surface area contributed by atoms with E-state index in [1.165, 1.54) is 12.8 Å². The lowest BCUT2D eigenvalue weighted by molar-refractivity contribution is -0.384. The van der Waals surface area contributed by atoms with Gasteiger partial charge in [0.05, 0.1) is 4.92 Å². The van der Waals surface area contributed by atoms with Gasteiger partial charge in [0.15, 0.2) is 0 Å². The van der Waals surface area contributed by atoms with Gasteiger partial charge in [-0.25, -0.2) is 0 Å². The summed E-state index contributed by atoms with van der Waals surface area (Å²) in [5, 5.41) is 14.2. The molecule has 2 saturated heterocycles. The maximum atomic E-state index is 10.6. The maximum absolute atomic E-state index is 10.6. The summed E-state index contributed by atoms with van der Waals surface area (Å²) in [5.74, 6) is 0.731. The molecule has 0 bridgehead atoms. The number of rotatable bonds is 2. The van der Waals surface area contributed by atoms with Crippen molar-refractivity contribution in [2.24, 2.45) is 5.92 Å². The van der Waals surface area contributed by atoms with Gasteiger partial charge >= 0.3 is 0 Å². The van der Waals surface area contributed by atoms with Gasteiger partial charge in [0, 0.05) is 37.0 Å². The van der Waals surface area contributed by atoms with Crippen LogP contribution in [0, 0.1) is 16.0 Å². The highest BCUT2D eigenvalue weighted by Crippen LogP contribution is 2.29. The molecule has 5 heteroatoms. The molecule has 2 atom stereocenters. The quantitative estimate of drug-likeness (QED) is 0.639. The number of hydrogen-bond acceptors (Lipinski definition) is 4. The number of nitro groups is 1. The van der Waals surface area contributed by atoms with E-state index in [1.54, 1.807) is 12.1 Å². The van der Waals surface area contributed by atoms with Crippen molar-refractivity contribution in [1.82, 2.24) is 5.32 Å². The molecule has 5 nitrogen and oxygen atoms in total. The van der Waals surface area contributed by atoms with Gasteiger partial charge in [-0.05, 0) is 37.4 Å². The van der Waals surface area contributed by atoms with Gasteiger partial charge in [0.2, 0.25) is 0 Å². The Morgan fingerprint density at radius 2 is 2.06 bits per heavy atom. The third-order valence-corrected chi connectivity index (χ3v) is 4.02. The van der Waals surface area contributed by atoms with Gasteiger partial charge in [0.1, 0.15) is 0 Å². The molecular formula is C13H17N3O2. The summed E-state index contributed by atoms with van der Waals surface area (Å²) in [6.45, 7) is 3.20.